The number of carbonyl (C=O) groups excluding carboxylic acids is 1. The Bertz CT molecular complexity index is 446. The van der Waals surface area contributed by atoms with Crippen LogP contribution < -0.4 is 16.1 Å². The Kier molecular flexibility index (Phi) is 7.46. The average Bonchev–Trinajstić information content (AvgIpc) is 2.34. The number of hydrogen-bond acceptors (Lipinski definition) is 7. The fourth-order valence-corrected chi connectivity index (χ4v) is 1.13. The molecule has 1 rings (SSSR count). The Hall–Kier alpha value is -1.87. The molecule has 0 saturated carbocycles. The number of carbonyl (C=O) groups is 1. The highest BCUT2D eigenvalue weighted by Crippen LogP contribution is 2.15. The number of nitrogens with zero attached hydrogens (tertiary/aromatic N) is 4. The van der Waals surface area contributed by atoms with Gasteiger partial charge in [-0.2, -0.15) is 10.5 Å². The van der Waals surface area contributed by atoms with Crippen LogP contribution in [0, 0.1) is 11.8 Å². The van der Waals surface area contributed by atoms with Gasteiger partial charge < -0.3 is 10.6 Å². The van der Waals surface area contributed by atoms with Gasteiger partial charge >= 0.3 is 6.03 Å². The maximum atomic E-state index is 11.4. The Balaban J connectivity index is 0.00000324. The zero-order valence-electron chi connectivity index (χ0n) is 9.87. The van der Waals surface area contributed by atoms with Crippen LogP contribution in [0.4, 0.5) is 10.6 Å². The van der Waals surface area contributed by atoms with E-state index in [1.165, 1.54) is 6.20 Å². The van der Waals surface area contributed by atoms with Gasteiger partial charge in [-0.1, -0.05) is 0 Å². The van der Waals surface area contributed by atoms with E-state index >= 15 is 0 Å². The van der Waals surface area contributed by atoms with Crippen molar-refractivity contribution in [3.63, 3.8) is 0 Å². The number of amides is 2. The van der Waals surface area contributed by atoms with Crippen molar-refractivity contribution >= 4 is 35.9 Å². The Labute approximate surface area is 119 Å². The van der Waals surface area contributed by atoms with Gasteiger partial charge in [0.05, 0.1) is 18.0 Å². The summed E-state index contributed by atoms with van der Waals surface area (Å²) >= 11 is 5.38. The molecule has 19 heavy (non-hydrogen) atoms. The molecule has 1 aromatic heterocycles. The van der Waals surface area contributed by atoms with Crippen molar-refractivity contribution in [1.29, 1.82) is 0 Å². The monoisotopic (exact) mass is 310 g/mol. The van der Waals surface area contributed by atoms with Crippen LogP contribution in [0.25, 0.3) is 0 Å². The molecule has 0 aromatic carbocycles. The van der Waals surface area contributed by atoms with Gasteiger partial charge in [0.25, 0.3) is 0 Å². The number of rotatable bonds is 5. The number of alkyl halides is 1. The number of aromatic nitrogens is 2. The van der Waals surface area contributed by atoms with Gasteiger partial charge in [0.1, 0.15) is 5.82 Å². The van der Waals surface area contributed by atoms with Gasteiger partial charge in [-0.05, 0) is 6.92 Å². The van der Waals surface area contributed by atoms with Crippen LogP contribution in [0.2, 0.25) is 0 Å². The number of hydroxylamine groups is 1. The molecule has 0 atom stereocenters. The van der Waals surface area contributed by atoms with Crippen LogP contribution >= 0.6 is 24.0 Å². The number of nitrogen functional groups attached to an aromatic ring is 1. The summed E-state index contributed by atoms with van der Waals surface area (Å²) in [5, 5.41) is 3.04. The fraction of sp³-hybridized carbons (Fsp3) is 0.375. The third-order valence-electron chi connectivity index (χ3n) is 1.78. The Morgan fingerprint density at radius 1 is 1.68 bits per heavy atom. The van der Waals surface area contributed by atoms with E-state index in [1.807, 2.05) is 5.48 Å². The van der Waals surface area contributed by atoms with Crippen LogP contribution in [-0.4, -0.2) is 33.4 Å². The summed E-state index contributed by atoms with van der Waals surface area (Å²) in [7, 11) is 0. The molecule has 1 heterocycles. The summed E-state index contributed by atoms with van der Waals surface area (Å²) in [4.78, 5) is 34.2. The molecule has 0 aliphatic rings. The molecule has 0 bridgehead atoms. The molecule has 0 aliphatic heterocycles. The maximum absolute atomic E-state index is 11.4. The van der Waals surface area contributed by atoms with Crippen LogP contribution in [0.1, 0.15) is 5.82 Å². The van der Waals surface area contributed by atoms with Crippen molar-refractivity contribution in [3.05, 3.63) is 16.9 Å². The second-order valence-electron chi connectivity index (χ2n) is 3.07. The largest absolute Gasteiger partial charge is 0.380 e. The maximum Gasteiger partial charge on any atom is 0.373 e. The third kappa shape index (κ3) is 5.10. The first-order valence-corrected chi connectivity index (χ1v) is 5.34. The minimum Gasteiger partial charge on any atom is -0.380 e. The quantitative estimate of drug-likeness (QED) is 0.475. The predicted octanol–water partition coefficient (Wildman–Crippen LogP) is 1.01. The number of nitrogens with two attached hydrogens (primary N) is 1. The Morgan fingerprint density at radius 3 is 2.89 bits per heavy atom. The first kappa shape index (κ1) is 17.1. The van der Waals surface area contributed by atoms with E-state index in [4.69, 9.17) is 22.2 Å². The van der Waals surface area contributed by atoms with E-state index < -0.39 is 6.03 Å². The minimum atomic E-state index is -0.870. The molecule has 0 unspecified atom stereocenters. The predicted molar refractivity (Wildman–Crippen MR) is 70.8 cm³/mol. The minimum absolute atomic E-state index is 0. The summed E-state index contributed by atoms with van der Waals surface area (Å²) in [6.45, 7) is 1.61. The first-order valence-electron chi connectivity index (χ1n) is 4.81. The smallest absolute Gasteiger partial charge is 0.373 e. The number of aryl methyl sites for hydroxylation is 1. The molecular weight excluding hydrogens is 299 g/mol. The van der Waals surface area contributed by atoms with E-state index in [2.05, 4.69) is 15.3 Å². The SMILES string of the molecule is Cc1ncc(ONC(=O)N(CCCl)N=O)c(N)n1.Cl. The number of nitroso groups, excluding NO2 is 1. The van der Waals surface area contributed by atoms with E-state index in [9.17, 15) is 9.70 Å². The van der Waals surface area contributed by atoms with Gasteiger partial charge in [-0.15, -0.1) is 28.9 Å². The standard InChI is InChI=1S/C8H11ClN6O3.ClH/c1-5-11-4-6(7(10)12-5)18-13-8(16)15(14-17)3-2-9;/h4H,2-3H2,1H3,(H,13,16)(H2,10,11,12);1H. The highest BCUT2D eigenvalue weighted by atomic mass is 35.5. The van der Waals surface area contributed by atoms with Gasteiger partial charge in [0.2, 0.25) is 5.75 Å². The molecule has 2 amide bonds. The lowest BCUT2D eigenvalue weighted by atomic mass is 10.5. The lowest BCUT2D eigenvalue weighted by molar-refractivity contribution is 0.145. The zero-order valence-corrected chi connectivity index (χ0v) is 11.4. The second kappa shape index (κ2) is 8.27. The average molecular weight is 311 g/mol. The van der Waals surface area contributed by atoms with Crippen molar-refractivity contribution < 1.29 is 9.63 Å². The number of halogens is 2. The molecule has 11 heteroatoms. The zero-order chi connectivity index (χ0) is 13.5. The van der Waals surface area contributed by atoms with E-state index in [0.717, 1.165) is 0 Å². The summed E-state index contributed by atoms with van der Waals surface area (Å²) < 4.78 is 0. The molecule has 1 aromatic rings. The van der Waals surface area contributed by atoms with E-state index in [0.29, 0.717) is 10.8 Å². The van der Waals surface area contributed by atoms with Crippen molar-refractivity contribution in [1.82, 2.24) is 20.5 Å². The van der Waals surface area contributed by atoms with Crippen LogP contribution in [0.5, 0.6) is 5.75 Å². The molecule has 3 N–H and O–H groups in total. The number of urea groups is 1. The molecule has 0 aliphatic carbocycles. The summed E-state index contributed by atoms with van der Waals surface area (Å²) in [5.74, 6) is 0.649. The Morgan fingerprint density at radius 2 is 2.37 bits per heavy atom. The van der Waals surface area contributed by atoms with Gasteiger partial charge in [0.15, 0.2) is 5.82 Å². The third-order valence-corrected chi connectivity index (χ3v) is 1.95. The lowest BCUT2D eigenvalue weighted by Crippen LogP contribution is -2.39. The molecule has 106 valence electrons. The van der Waals surface area contributed by atoms with Crippen LogP contribution in [0.15, 0.2) is 11.5 Å². The number of anilines is 1. The van der Waals surface area contributed by atoms with Crippen LogP contribution in [0.3, 0.4) is 0 Å². The summed E-state index contributed by atoms with van der Waals surface area (Å²) in [5.41, 5.74) is 7.50. The lowest BCUT2D eigenvalue weighted by Gasteiger charge is -2.13. The molecule has 0 radical (unpaired) electrons. The first-order chi connectivity index (χ1) is 8.58. The van der Waals surface area contributed by atoms with E-state index in [-0.39, 0.29) is 36.4 Å². The molecule has 0 fully saturated rings. The fourth-order valence-electron chi connectivity index (χ4n) is 0.966. The van der Waals surface area contributed by atoms with E-state index in [1.54, 1.807) is 6.92 Å². The topological polar surface area (TPSA) is 123 Å². The summed E-state index contributed by atoms with van der Waals surface area (Å²) in [6.07, 6.45) is 1.29. The number of nitrogens with one attached hydrogen (secondary N) is 1. The number of hydrogen-bond donors (Lipinski definition) is 2. The van der Waals surface area contributed by atoms with Gasteiger partial charge in [-0.3, -0.25) is 0 Å². The highest BCUT2D eigenvalue weighted by molar-refractivity contribution is 6.18. The highest BCUT2D eigenvalue weighted by Gasteiger charge is 2.14. The molecule has 9 nitrogen and oxygen atoms in total. The van der Waals surface area contributed by atoms with Crippen molar-refractivity contribution in [2.45, 2.75) is 6.92 Å². The van der Waals surface area contributed by atoms with Crippen molar-refractivity contribution in [2.75, 3.05) is 18.2 Å². The van der Waals surface area contributed by atoms with Crippen molar-refractivity contribution in [3.8, 4) is 5.75 Å². The van der Waals surface area contributed by atoms with Gasteiger partial charge in [-0.25, -0.2) is 14.8 Å². The summed E-state index contributed by atoms with van der Waals surface area (Å²) in [6, 6.07) is -0.870. The van der Waals surface area contributed by atoms with Gasteiger partial charge in [0, 0.05) is 5.88 Å². The van der Waals surface area contributed by atoms with Crippen LogP contribution in [-0.2, 0) is 0 Å². The molecule has 0 saturated heterocycles. The molecule has 0 spiro atoms. The normalized spacial score (nSPS) is 9.16. The second-order valence-corrected chi connectivity index (χ2v) is 3.45. The molecular formula is C8H12Cl2N6O3. The van der Waals surface area contributed by atoms with Crippen molar-refractivity contribution in [2.24, 2.45) is 5.29 Å².